The topological polar surface area (TPSA) is 74.9 Å². The van der Waals surface area contributed by atoms with Crippen molar-refractivity contribution in [3.05, 3.63) is 46.8 Å². The molecule has 8 nitrogen and oxygen atoms in total. The van der Waals surface area contributed by atoms with Crippen molar-refractivity contribution >= 4 is 22.3 Å². The van der Waals surface area contributed by atoms with Gasteiger partial charge in [0.2, 0.25) is 5.91 Å². The van der Waals surface area contributed by atoms with Gasteiger partial charge in [0.25, 0.3) is 5.56 Å². The van der Waals surface area contributed by atoms with Crippen molar-refractivity contribution < 1.29 is 9.18 Å². The summed E-state index contributed by atoms with van der Waals surface area (Å²) in [6.45, 7) is 5.23. The highest BCUT2D eigenvalue weighted by Crippen LogP contribution is 2.18. The van der Waals surface area contributed by atoms with Crippen LogP contribution < -0.4 is 10.9 Å². The second-order valence-corrected chi connectivity index (χ2v) is 7.19. The zero-order valence-corrected chi connectivity index (χ0v) is 15.8. The lowest BCUT2D eigenvalue weighted by atomic mass is 10.2. The predicted molar refractivity (Wildman–Crippen MR) is 104 cm³/mol. The molecule has 1 fully saturated rings. The zero-order valence-electron chi connectivity index (χ0n) is 15.8. The molecular weight excluding hydrogens is 363 g/mol. The smallest absolute Gasteiger partial charge is 0.291 e. The minimum absolute atomic E-state index is 0.145. The number of piperazine rings is 1. The average Bonchev–Trinajstić information content (AvgIpc) is 3.04. The highest BCUT2D eigenvalue weighted by atomic mass is 19.1. The van der Waals surface area contributed by atoms with Gasteiger partial charge in [-0.25, -0.2) is 9.07 Å². The summed E-state index contributed by atoms with van der Waals surface area (Å²) in [5.74, 6) is -0.619. The van der Waals surface area contributed by atoms with Gasteiger partial charge in [0.15, 0.2) is 0 Å². The Labute approximate surface area is 161 Å². The SMILES string of the molecule is CN1CCN(CCNC(=O)Cn2ncn3c(cc4cc(F)ccc43)c2=O)CC1. The van der Waals surface area contributed by atoms with Gasteiger partial charge >= 0.3 is 0 Å². The van der Waals surface area contributed by atoms with Crippen LogP contribution in [0.2, 0.25) is 0 Å². The Morgan fingerprint density at radius 1 is 1.18 bits per heavy atom. The van der Waals surface area contributed by atoms with Crippen LogP contribution in [0.15, 0.2) is 35.4 Å². The maximum Gasteiger partial charge on any atom is 0.291 e. The number of halogens is 1. The van der Waals surface area contributed by atoms with E-state index in [1.807, 2.05) is 0 Å². The fourth-order valence-electron chi connectivity index (χ4n) is 3.52. The van der Waals surface area contributed by atoms with Crippen LogP contribution in [0.5, 0.6) is 0 Å². The van der Waals surface area contributed by atoms with Gasteiger partial charge in [-0.1, -0.05) is 0 Å². The Morgan fingerprint density at radius 3 is 2.75 bits per heavy atom. The minimum atomic E-state index is -0.381. The van der Waals surface area contributed by atoms with E-state index in [0.717, 1.165) is 37.4 Å². The van der Waals surface area contributed by atoms with Crippen molar-refractivity contribution in [3.63, 3.8) is 0 Å². The lowest BCUT2D eigenvalue weighted by Crippen LogP contribution is -2.47. The number of hydrogen-bond acceptors (Lipinski definition) is 5. The maximum absolute atomic E-state index is 13.4. The molecule has 2 aromatic heterocycles. The Bertz CT molecular complexity index is 1070. The molecule has 0 aliphatic carbocycles. The number of fused-ring (bicyclic) bond motifs is 3. The van der Waals surface area contributed by atoms with Gasteiger partial charge < -0.3 is 10.2 Å². The first-order valence-electron chi connectivity index (χ1n) is 9.35. The molecule has 1 aliphatic heterocycles. The van der Waals surface area contributed by atoms with E-state index in [-0.39, 0.29) is 23.8 Å². The number of hydrogen-bond donors (Lipinski definition) is 1. The van der Waals surface area contributed by atoms with Crippen molar-refractivity contribution in [2.45, 2.75) is 6.54 Å². The van der Waals surface area contributed by atoms with E-state index in [0.29, 0.717) is 23.0 Å². The first kappa shape index (κ1) is 18.6. The molecule has 0 spiro atoms. The first-order valence-corrected chi connectivity index (χ1v) is 9.35. The summed E-state index contributed by atoms with van der Waals surface area (Å²) in [4.78, 5) is 29.5. The van der Waals surface area contributed by atoms with Gasteiger partial charge in [-0.05, 0) is 31.3 Å². The molecule has 1 aliphatic rings. The summed E-state index contributed by atoms with van der Waals surface area (Å²) in [6.07, 6.45) is 1.48. The average molecular weight is 386 g/mol. The highest BCUT2D eigenvalue weighted by Gasteiger charge is 2.14. The van der Waals surface area contributed by atoms with Gasteiger partial charge in [0, 0.05) is 44.7 Å². The molecule has 28 heavy (non-hydrogen) atoms. The summed E-state index contributed by atoms with van der Waals surface area (Å²) in [5.41, 5.74) is 0.680. The van der Waals surface area contributed by atoms with Crippen LogP contribution in [0.1, 0.15) is 0 Å². The van der Waals surface area contributed by atoms with Crippen molar-refractivity contribution in [1.82, 2.24) is 29.3 Å². The van der Waals surface area contributed by atoms with Crippen molar-refractivity contribution in [3.8, 4) is 0 Å². The molecule has 3 heterocycles. The van der Waals surface area contributed by atoms with Crippen LogP contribution in [0.3, 0.4) is 0 Å². The van der Waals surface area contributed by atoms with Gasteiger partial charge in [-0.2, -0.15) is 5.10 Å². The van der Waals surface area contributed by atoms with E-state index in [9.17, 15) is 14.0 Å². The number of carbonyl (C=O) groups excluding carboxylic acids is 1. The third-order valence-electron chi connectivity index (χ3n) is 5.20. The number of carbonyl (C=O) groups is 1. The standard InChI is InChI=1S/C19H23FN6O2/c1-23-6-8-24(9-7-23)5-4-21-18(27)12-26-19(28)17-11-14-10-15(20)2-3-16(14)25(17)13-22-26/h2-3,10-11,13H,4-9,12H2,1H3,(H,21,27). The van der Waals surface area contributed by atoms with E-state index >= 15 is 0 Å². The fourth-order valence-corrected chi connectivity index (χ4v) is 3.52. The molecule has 1 aromatic carbocycles. The molecule has 1 amide bonds. The summed E-state index contributed by atoms with van der Waals surface area (Å²) >= 11 is 0. The number of aromatic nitrogens is 3. The van der Waals surface area contributed by atoms with Crippen LogP contribution in [0, 0.1) is 5.82 Å². The van der Waals surface area contributed by atoms with Crippen LogP contribution in [0.4, 0.5) is 4.39 Å². The second kappa shape index (κ2) is 7.69. The number of nitrogens with zero attached hydrogens (tertiary/aromatic N) is 5. The van der Waals surface area contributed by atoms with Crippen LogP contribution in [-0.4, -0.2) is 76.2 Å². The highest BCUT2D eigenvalue weighted by molar-refractivity contribution is 5.86. The molecule has 0 radical (unpaired) electrons. The van der Waals surface area contributed by atoms with E-state index in [4.69, 9.17) is 0 Å². The molecule has 0 bridgehead atoms. The quantitative estimate of drug-likeness (QED) is 0.676. The molecule has 3 aromatic rings. The molecular formula is C19H23FN6O2. The molecule has 4 rings (SSSR count). The van der Waals surface area contributed by atoms with Crippen molar-refractivity contribution in [1.29, 1.82) is 0 Å². The van der Waals surface area contributed by atoms with Gasteiger partial charge in [-0.15, -0.1) is 0 Å². The van der Waals surface area contributed by atoms with Crippen molar-refractivity contribution in [2.75, 3.05) is 46.3 Å². The molecule has 0 atom stereocenters. The van der Waals surface area contributed by atoms with Crippen LogP contribution >= 0.6 is 0 Å². The number of benzene rings is 1. The molecule has 148 valence electrons. The third-order valence-corrected chi connectivity index (χ3v) is 5.20. The number of nitrogens with one attached hydrogen (secondary N) is 1. The van der Waals surface area contributed by atoms with Crippen molar-refractivity contribution in [2.24, 2.45) is 0 Å². The number of amides is 1. The summed E-state index contributed by atoms with van der Waals surface area (Å²) in [5, 5.41) is 7.56. The Hall–Kier alpha value is -2.78. The molecule has 1 N–H and O–H groups in total. The Kier molecular flexibility index (Phi) is 5.10. The number of likely N-dealkylation sites (N-methyl/N-ethyl adjacent to an activating group) is 1. The molecule has 0 saturated carbocycles. The van der Waals surface area contributed by atoms with E-state index in [2.05, 4.69) is 27.3 Å². The Morgan fingerprint density at radius 2 is 1.96 bits per heavy atom. The zero-order chi connectivity index (χ0) is 19.7. The van der Waals surface area contributed by atoms with Crippen LogP contribution in [-0.2, 0) is 11.3 Å². The van der Waals surface area contributed by atoms with E-state index in [1.54, 1.807) is 16.5 Å². The van der Waals surface area contributed by atoms with Gasteiger partial charge in [-0.3, -0.25) is 18.9 Å². The summed E-state index contributed by atoms with van der Waals surface area (Å²) in [7, 11) is 2.10. The van der Waals surface area contributed by atoms with Gasteiger partial charge in [0.05, 0.1) is 5.52 Å². The summed E-state index contributed by atoms with van der Waals surface area (Å²) in [6, 6.07) is 5.93. The fraction of sp³-hybridized carbons (Fsp3) is 0.421. The first-order chi connectivity index (χ1) is 13.5. The summed E-state index contributed by atoms with van der Waals surface area (Å²) < 4.78 is 16.2. The Balaban J connectivity index is 1.41. The second-order valence-electron chi connectivity index (χ2n) is 7.19. The molecule has 9 heteroatoms. The van der Waals surface area contributed by atoms with E-state index in [1.165, 1.54) is 18.5 Å². The monoisotopic (exact) mass is 386 g/mol. The minimum Gasteiger partial charge on any atom is -0.353 e. The van der Waals surface area contributed by atoms with Gasteiger partial charge in [0.1, 0.15) is 24.2 Å². The molecule has 1 saturated heterocycles. The lowest BCUT2D eigenvalue weighted by molar-refractivity contribution is -0.122. The predicted octanol–water partition coefficient (Wildman–Crippen LogP) is 0.152. The normalized spacial score (nSPS) is 16.1. The largest absolute Gasteiger partial charge is 0.353 e. The van der Waals surface area contributed by atoms with Crippen LogP contribution in [0.25, 0.3) is 16.4 Å². The molecule has 0 unspecified atom stereocenters. The lowest BCUT2D eigenvalue weighted by Gasteiger charge is -2.32. The maximum atomic E-state index is 13.4. The number of rotatable bonds is 5. The van der Waals surface area contributed by atoms with E-state index < -0.39 is 0 Å². The third kappa shape index (κ3) is 3.76.